The van der Waals surface area contributed by atoms with Crippen molar-refractivity contribution in [2.75, 3.05) is 0 Å². The van der Waals surface area contributed by atoms with Gasteiger partial charge in [0.05, 0.1) is 0 Å². The van der Waals surface area contributed by atoms with E-state index in [1.807, 2.05) is 0 Å². The smallest absolute Gasteiger partial charge is 0.0332 e. The fraction of sp³-hybridized carbons (Fsp3) is 0. The van der Waals surface area contributed by atoms with Crippen molar-refractivity contribution in [2.45, 2.75) is 0 Å². The number of hydrogen-bond acceptors (Lipinski definition) is 0. The first kappa shape index (κ1) is 20.7. The maximum atomic E-state index is 3.70. The molecule has 0 N–H and O–H groups in total. The molecule has 0 aliphatic carbocycles. The minimum absolute atomic E-state index is 1.17. The molecule has 0 fully saturated rings. The first-order chi connectivity index (χ1) is 15.1. The van der Waals surface area contributed by atoms with E-state index in [0.29, 0.717) is 0 Å². The van der Waals surface area contributed by atoms with Crippen LogP contribution in [-0.4, -0.2) is 0 Å². The van der Waals surface area contributed by atoms with E-state index in [1.54, 1.807) is 0 Å². The maximum absolute atomic E-state index is 3.70. The molecule has 6 rings (SSSR count). The highest BCUT2D eigenvalue weighted by Crippen LogP contribution is 2.38. The van der Waals surface area contributed by atoms with E-state index in [1.165, 1.54) is 56.5 Å². The third-order valence-corrected chi connectivity index (χ3v) is 8.07. The molecule has 6 aromatic rings. The first-order valence-corrected chi connectivity index (χ1v) is 12.3. The number of fused-ring (bicyclic) bond motifs is 4. The number of rotatable bonds is 0. The van der Waals surface area contributed by atoms with Gasteiger partial charge in [-0.2, -0.15) is 0 Å². The summed E-state index contributed by atoms with van der Waals surface area (Å²) >= 11 is 11.1. The largest absolute Gasteiger partial charge is 0.0616 e. The Balaban J connectivity index is 0.000000132. The first-order valence-electron chi connectivity index (χ1n) is 9.95. The summed E-state index contributed by atoms with van der Waals surface area (Å²) in [5.41, 5.74) is 0. The summed E-state index contributed by atoms with van der Waals surface area (Å²) in [5.74, 6) is 0. The Morgan fingerprint density at radius 3 is 0.935 bits per heavy atom. The van der Waals surface area contributed by atoms with Crippen LogP contribution in [0.2, 0.25) is 0 Å². The van der Waals surface area contributed by atoms with Gasteiger partial charge in [-0.05, 0) is 96.9 Å². The van der Waals surface area contributed by atoms with E-state index >= 15 is 0 Å². The van der Waals surface area contributed by atoms with Gasteiger partial charge in [-0.3, -0.25) is 0 Å². The molecular formula is C28H17Br3. The summed E-state index contributed by atoms with van der Waals surface area (Å²) in [6.45, 7) is 0. The second-order valence-corrected chi connectivity index (χ2v) is 9.73. The molecule has 0 aliphatic heterocycles. The topological polar surface area (TPSA) is 0 Å². The van der Waals surface area contributed by atoms with Gasteiger partial charge in [0.15, 0.2) is 0 Å². The van der Waals surface area contributed by atoms with Crippen LogP contribution in [0.25, 0.3) is 43.1 Å². The average molecular weight is 593 g/mol. The van der Waals surface area contributed by atoms with E-state index in [4.69, 9.17) is 0 Å². The zero-order valence-corrected chi connectivity index (χ0v) is 21.2. The number of hydrogen-bond donors (Lipinski definition) is 0. The second-order valence-electron chi connectivity index (χ2n) is 7.35. The third kappa shape index (κ3) is 3.80. The summed E-state index contributed by atoms with van der Waals surface area (Å²) in [6.07, 6.45) is 0. The van der Waals surface area contributed by atoms with Crippen LogP contribution in [0.15, 0.2) is 117 Å². The molecule has 0 nitrogen and oxygen atoms in total. The third-order valence-electron chi connectivity index (χ3n) is 5.51. The van der Waals surface area contributed by atoms with Gasteiger partial charge in [0, 0.05) is 13.4 Å². The Bertz CT molecular complexity index is 1400. The Morgan fingerprint density at radius 1 is 0.323 bits per heavy atom. The number of halogens is 3. The van der Waals surface area contributed by atoms with Gasteiger partial charge >= 0.3 is 0 Å². The predicted octanol–water partition coefficient (Wildman–Crippen LogP) is 10.3. The van der Waals surface area contributed by atoms with Crippen LogP contribution in [0.4, 0.5) is 0 Å². The molecule has 0 aliphatic rings. The summed E-state index contributed by atoms with van der Waals surface area (Å²) in [6, 6.07) is 35.9. The van der Waals surface area contributed by atoms with Crippen LogP contribution in [0.3, 0.4) is 0 Å². The summed E-state index contributed by atoms with van der Waals surface area (Å²) < 4.78 is 3.53. The van der Waals surface area contributed by atoms with Crippen LogP contribution >= 0.6 is 47.8 Å². The average Bonchev–Trinajstić information content (AvgIpc) is 2.83. The molecule has 0 radical (unpaired) electrons. The number of benzene rings is 6. The van der Waals surface area contributed by atoms with Crippen molar-refractivity contribution in [3.05, 3.63) is 117 Å². The Labute approximate surface area is 206 Å². The molecule has 0 saturated heterocycles. The van der Waals surface area contributed by atoms with Crippen molar-refractivity contribution in [1.82, 2.24) is 0 Å². The van der Waals surface area contributed by atoms with Crippen LogP contribution < -0.4 is 0 Å². The molecule has 0 bridgehead atoms. The van der Waals surface area contributed by atoms with Gasteiger partial charge in [-0.1, -0.05) is 97.1 Å². The van der Waals surface area contributed by atoms with Crippen molar-refractivity contribution in [2.24, 2.45) is 0 Å². The molecule has 3 heteroatoms. The fourth-order valence-electron chi connectivity index (χ4n) is 3.98. The Hall–Kier alpha value is -2.20. The molecule has 0 saturated carbocycles. The van der Waals surface area contributed by atoms with Crippen molar-refractivity contribution in [3.8, 4) is 0 Å². The Kier molecular flexibility index (Phi) is 5.83. The van der Waals surface area contributed by atoms with Crippen LogP contribution in [0.1, 0.15) is 0 Å². The van der Waals surface area contributed by atoms with Gasteiger partial charge < -0.3 is 0 Å². The minimum Gasteiger partial charge on any atom is -0.0616 e. The Morgan fingerprint density at radius 2 is 0.581 bits per heavy atom. The summed E-state index contributed by atoms with van der Waals surface area (Å²) in [5, 5.41) is 10.1. The molecule has 0 heterocycles. The monoisotopic (exact) mass is 590 g/mol. The van der Waals surface area contributed by atoms with Crippen molar-refractivity contribution < 1.29 is 0 Å². The predicted molar refractivity (Wildman–Crippen MR) is 146 cm³/mol. The minimum atomic E-state index is 1.17. The fourth-order valence-corrected chi connectivity index (χ4v) is 6.09. The zero-order chi connectivity index (χ0) is 21.4. The van der Waals surface area contributed by atoms with Gasteiger partial charge in [0.2, 0.25) is 0 Å². The molecule has 6 aromatic carbocycles. The van der Waals surface area contributed by atoms with Gasteiger partial charge in [0.1, 0.15) is 0 Å². The standard InChI is InChI=1S/C14H8Br2.C14H9Br/c15-13-9-5-1-2-6-10(9)14(16)12-8-4-3-7-11(12)13;15-14-12-7-3-1-5-10(12)9-11-6-2-4-8-13(11)14/h1-8H;1-9H. The molecule has 0 aromatic heterocycles. The van der Waals surface area contributed by atoms with Crippen molar-refractivity contribution >= 4 is 90.9 Å². The molecule has 150 valence electrons. The molecule has 0 unspecified atom stereocenters. The second kappa shape index (κ2) is 8.74. The van der Waals surface area contributed by atoms with Crippen molar-refractivity contribution in [3.63, 3.8) is 0 Å². The van der Waals surface area contributed by atoms with E-state index in [9.17, 15) is 0 Å². The van der Waals surface area contributed by atoms with Crippen LogP contribution in [-0.2, 0) is 0 Å². The van der Waals surface area contributed by atoms with E-state index in [0.717, 1.165) is 0 Å². The van der Waals surface area contributed by atoms with Gasteiger partial charge in [-0.15, -0.1) is 0 Å². The highest BCUT2D eigenvalue weighted by atomic mass is 79.9. The summed E-state index contributed by atoms with van der Waals surface area (Å²) in [4.78, 5) is 0. The highest BCUT2D eigenvalue weighted by Gasteiger charge is 2.09. The molecule has 0 spiro atoms. The SMILES string of the molecule is Brc1c2ccccc2c(Br)c2ccccc12.Brc1c2ccccc2cc2ccccc12. The lowest BCUT2D eigenvalue weighted by molar-refractivity contribution is 1.72. The molecular weight excluding hydrogens is 576 g/mol. The zero-order valence-electron chi connectivity index (χ0n) is 16.4. The summed E-state index contributed by atoms with van der Waals surface area (Å²) in [7, 11) is 0. The molecule has 31 heavy (non-hydrogen) atoms. The quantitative estimate of drug-likeness (QED) is 0.154. The van der Waals surface area contributed by atoms with E-state index < -0.39 is 0 Å². The lowest BCUT2D eigenvalue weighted by atomic mass is 10.0. The lowest BCUT2D eigenvalue weighted by Gasteiger charge is -2.09. The van der Waals surface area contributed by atoms with E-state index in [2.05, 4.69) is 151 Å². The molecule has 0 amide bonds. The molecule has 0 atom stereocenters. The van der Waals surface area contributed by atoms with Gasteiger partial charge in [0.25, 0.3) is 0 Å². The van der Waals surface area contributed by atoms with Crippen LogP contribution in [0, 0.1) is 0 Å². The van der Waals surface area contributed by atoms with Crippen molar-refractivity contribution in [1.29, 1.82) is 0 Å². The lowest BCUT2D eigenvalue weighted by Crippen LogP contribution is -1.81. The van der Waals surface area contributed by atoms with E-state index in [-0.39, 0.29) is 0 Å². The highest BCUT2D eigenvalue weighted by molar-refractivity contribution is 9.11. The normalized spacial score (nSPS) is 11.1. The van der Waals surface area contributed by atoms with Gasteiger partial charge in [-0.25, -0.2) is 0 Å². The maximum Gasteiger partial charge on any atom is 0.0332 e. The van der Waals surface area contributed by atoms with Crippen LogP contribution in [0.5, 0.6) is 0 Å².